The van der Waals surface area contributed by atoms with Crippen molar-refractivity contribution in [3.8, 4) is 22.6 Å². The molecule has 7 heteroatoms. The summed E-state index contributed by atoms with van der Waals surface area (Å²) in [5, 5.41) is 9.22. The standard InChI is InChI=1S/C31H36O6S/c1-20-13-25(17-30(32)33)28-10-9-26(18-29(20)28)37-19-23-7-5-8-24(16-23)31-21(2)14-27(15-22(31)3)36-11-6-12-38(4,34)35/h5,7-10,14-16,18,20,25H,6,11-13,17,19H2,1-4H3,(H,32,33)/t20-,25?/m1/s1. The summed E-state index contributed by atoms with van der Waals surface area (Å²) in [6, 6.07) is 18.3. The number of aliphatic carboxylic acids is 1. The molecule has 0 spiro atoms. The minimum atomic E-state index is -2.99. The number of carboxylic acids is 1. The van der Waals surface area contributed by atoms with Crippen molar-refractivity contribution in [2.24, 2.45) is 0 Å². The molecule has 0 aromatic heterocycles. The van der Waals surface area contributed by atoms with Crippen LogP contribution in [0.5, 0.6) is 11.5 Å². The van der Waals surface area contributed by atoms with Gasteiger partial charge in [-0.05, 0) is 108 Å². The van der Waals surface area contributed by atoms with Gasteiger partial charge in [0.15, 0.2) is 0 Å². The Balaban J connectivity index is 1.43. The van der Waals surface area contributed by atoms with Gasteiger partial charge in [-0.1, -0.05) is 31.2 Å². The molecule has 1 aliphatic carbocycles. The van der Waals surface area contributed by atoms with E-state index < -0.39 is 15.8 Å². The van der Waals surface area contributed by atoms with E-state index in [4.69, 9.17) is 9.47 Å². The predicted molar refractivity (Wildman–Crippen MR) is 150 cm³/mol. The Kier molecular flexibility index (Phi) is 8.46. The quantitative estimate of drug-likeness (QED) is 0.284. The van der Waals surface area contributed by atoms with Crippen molar-refractivity contribution in [2.45, 2.75) is 58.5 Å². The first kappa shape index (κ1) is 27.7. The Morgan fingerprint density at radius 3 is 2.39 bits per heavy atom. The number of fused-ring (bicyclic) bond motifs is 1. The maximum absolute atomic E-state index is 11.3. The van der Waals surface area contributed by atoms with Crippen LogP contribution >= 0.6 is 0 Å². The van der Waals surface area contributed by atoms with E-state index in [1.807, 2.05) is 36.4 Å². The van der Waals surface area contributed by atoms with Gasteiger partial charge in [0.25, 0.3) is 0 Å². The molecule has 0 saturated carbocycles. The van der Waals surface area contributed by atoms with Gasteiger partial charge in [-0.15, -0.1) is 0 Å². The Bertz CT molecular complexity index is 1400. The number of hydrogen-bond acceptors (Lipinski definition) is 5. The number of hydrogen-bond donors (Lipinski definition) is 1. The van der Waals surface area contributed by atoms with Gasteiger partial charge < -0.3 is 14.6 Å². The van der Waals surface area contributed by atoms with Crippen LogP contribution in [0.4, 0.5) is 0 Å². The first-order valence-electron chi connectivity index (χ1n) is 13.0. The van der Waals surface area contributed by atoms with Gasteiger partial charge in [0, 0.05) is 6.26 Å². The molecule has 1 N–H and O–H groups in total. The largest absolute Gasteiger partial charge is 0.494 e. The summed E-state index contributed by atoms with van der Waals surface area (Å²) in [7, 11) is -2.99. The van der Waals surface area contributed by atoms with Crippen molar-refractivity contribution in [1.82, 2.24) is 0 Å². The van der Waals surface area contributed by atoms with Crippen LogP contribution in [0.1, 0.15) is 65.8 Å². The third-order valence-corrected chi connectivity index (χ3v) is 8.17. The van der Waals surface area contributed by atoms with E-state index in [-0.39, 0.29) is 18.1 Å². The zero-order chi connectivity index (χ0) is 27.4. The topological polar surface area (TPSA) is 89.9 Å². The highest BCUT2D eigenvalue weighted by Crippen LogP contribution is 2.44. The average Bonchev–Trinajstić information content (AvgIpc) is 3.13. The van der Waals surface area contributed by atoms with Gasteiger partial charge in [0.05, 0.1) is 18.8 Å². The third kappa shape index (κ3) is 6.95. The number of rotatable bonds is 11. The van der Waals surface area contributed by atoms with Gasteiger partial charge in [-0.25, -0.2) is 8.42 Å². The van der Waals surface area contributed by atoms with Gasteiger partial charge in [-0.3, -0.25) is 4.79 Å². The fraction of sp³-hybridized carbons (Fsp3) is 0.387. The van der Waals surface area contributed by atoms with Crippen LogP contribution in [0.15, 0.2) is 54.6 Å². The highest BCUT2D eigenvalue weighted by atomic mass is 32.2. The van der Waals surface area contributed by atoms with Crippen molar-refractivity contribution in [3.63, 3.8) is 0 Å². The third-order valence-electron chi connectivity index (χ3n) is 7.14. The first-order chi connectivity index (χ1) is 18.0. The van der Waals surface area contributed by atoms with Gasteiger partial charge >= 0.3 is 5.97 Å². The summed E-state index contributed by atoms with van der Waals surface area (Å²) in [6.07, 6.45) is 2.73. The molecular weight excluding hydrogens is 500 g/mol. The Morgan fingerprint density at radius 2 is 1.71 bits per heavy atom. The molecule has 2 atom stereocenters. The number of aryl methyl sites for hydroxylation is 2. The van der Waals surface area contributed by atoms with E-state index in [0.29, 0.717) is 25.6 Å². The van der Waals surface area contributed by atoms with Crippen LogP contribution in [0.2, 0.25) is 0 Å². The van der Waals surface area contributed by atoms with Crippen LogP contribution in [0, 0.1) is 13.8 Å². The molecule has 3 aromatic carbocycles. The summed E-state index contributed by atoms with van der Waals surface area (Å²) in [4.78, 5) is 11.2. The zero-order valence-electron chi connectivity index (χ0n) is 22.5. The summed E-state index contributed by atoms with van der Waals surface area (Å²) in [5.41, 5.74) is 7.79. The second kappa shape index (κ2) is 11.6. The predicted octanol–water partition coefficient (Wildman–Crippen LogP) is 6.43. The molecule has 1 unspecified atom stereocenters. The number of carboxylic acid groups (broad SMARTS) is 1. The highest BCUT2D eigenvalue weighted by molar-refractivity contribution is 7.90. The van der Waals surface area contributed by atoms with E-state index in [2.05, 4.69) is 39.0 Å². The van der Waals surface area contributed by atoms with E-state index in [9.17, 15) is 18.3 Å². The zero-order valence-corrected chi connectivity index (χ0v) is 23.3. The number of sulfone groups is 1. The lowest BCUT2D eigenvalue weighted by Gasteiger charge is -2.15. The first-order valence-corrected chi connectivity index (χ1v) is 15.1. The maximum atomic E-state index is 11.3. The number of ether oxygens (including phenoxy) is 2. The van der Waals surface area contributed by atoms with Crippen LogP contribution in [0.3, 0.4) is 0 Å². The van der Waals surface area contributed by atoms with Gasteiger partial charge in [-0.2, -0.15) is 0 Å². The molecule has 0 bridgehead atoms. The maximum Gasteiger partial charge on any atom is 0.303 e. The minimum absolute atomic E-state index is 0.0685. The molecule has 0 amide bonds. The average molecular weight is 537 g/mol. The second-order valence-electron chi connectivity index (χ2n) is 10.5. The molecule has 6 nitrogen and oxygen atoms in total. The number of carbonyl (C=O) groups is 1. The van der Waals surface area contributed by atoms with E-state index in [1.165, 1.54) is 11.8 Å². The molecule has 0 saturated heterocycles. The smallest absolute Gasteiger partial charge is 0.303 e. The summed E-state index contributed by atoms with van der Waals surface area (Å²) in [6.45, 7) is 7.04. The molecule has 202 valence electrons. The monoisotopic (exact) mass is 536 g/mol. The van der Waals surface area contributed by atoms with Crippen LogP contribution in [-0.4, -0.2) is 38.1 Å². The van der Waals surface area contributed by atoms with Crippen LogP contribution < -0.4 is 9.47 Å². The SMILES string of the molecule is Cc1cc(OCCCS(C)(=O)=O)cc(C)c1-c1cccc(COc2ccc3c(c2)[C@H](C)CC3CC(=O)O)c1. The van der Waals surface area contributed by atoms with Crippen molar-refractivity contribution >= 4 is 15.8 Å². The molecule has 3 aromatic rings. The summed E-state index contributed by atoms with van der Waals surface area (Å²) >= 11 is 0. The molecule has 0 heterocycles. The van der Waals surface area contributed by atoms with Gasteiger partial charge in [0.1, 0.15) is 27.9 Å². The van der Waals surface area contributed by atoms with Crippen molar-refractivity contribution in [1.29, 1.82) is 0 Å². The molecule has 0 aliphatic heterocycles. The lowest BCUT2D eigenvalue weighted by molar-refractivity contribution is -0.137. The van der Waals surface area contributed by atoms with E-state index in [1.54, 1.807) is 0 Å². The minimum Gasteiger partial charge on any atom is -0.494 e. The Morgan fingerprint density at radius 1 is 0.974 bits per heavy atom. The van der Waals surface area contributed by atoms with Crippen molar-refractivity contribution < 1.29 is 27.8 Å². The molecule has 38 heavy (non-hydrogen) atoms. The second-order valence-corrected chi connectivity index (χ2v) is 12.7. The van der Waals surface area contributed by atoms with Crippen LogP contribution in [-0.2, 0) is 21.2 Å². The Labute approximate surface area is 225 Å². The summed E-state index contributed by atoms with van der Waals surface area (Å²) in [5.74, 6) is 1.29. The molecule has 0 fully saturated rings. The van der Waals surface area contributed by atoms with Crippen LogP contribution in [0.25, 0.3) is 11.1 Å². The van der Waals surface area contributed by atoms with E-state index in [0.717, 1.165) is 51.3 Å². The number of benzene rings is 3. The molecule has 1 aliphatic rings. The fourth-order valence-electron chi connectivity index (χ4n) is 5.48. The molecule has 4 rings (SSSR count). The highest BCUT2D eigenvalue weighted by Gasteiger charge is 2.30. The lowest BCUT2D eigenvalue weighted by atomic mass is 9.94. The molecule has 0 radical (unpaired) electrons. The van der Waals surface area contributed by atoms with E-state index >= 15 is 0 Å². The lowest BCUT2D eigenvalue weighted by Crippen LogP contribution is -2.08. The fourth-order valence-corrected chi connectivity index (χ4v) is 6.13. The molecular formula is C31H36O6S. The normalized spacial score (nSPS) is 16.7. The van der Waals surface area contributed by atoms with Crippen molar-refractivity contribution in [3.05, 3.63) is 82.4 Å². The Hall–Kier alpha value is -3.32. The van der Waals surface area contributed by atoms with Gasteiger partial charge in [0.2, 0.25) is 0 Å². The summed E-state index contributed by atoms with van der Waals surface area (Å²) < 4.78 is 34.6. The van der Waals surface area contributed by atoms with Crippen molar-refractivity contribution in [2.75, 3.05) is 18.6 Å².